The van der Waals surface area contributed by atoms with E-state index in [9.17, 15) is 4.79 Å². The zero-order valence-electron chi connectivity index (χ0n) is 16.5. The van der Waals surface area contributed by atoms with Crippen LogP contribution >= 0.6 is 11.8 Å². The van der Waals surface area contributed by atoms with Crippen molar-refractivity contribution in [3.05, 3.63) is 11.8 Å². The number of carbonyl (C=O) groups is 1. The Kier molecular flexibility index (Phi) is 4.54. The number of likely N-dealkylation sites (tertiary alicyclic amines) is 1. The first-order chi connectivity index (χ1) is 11.9. The summed E-state index contributed by atoms with van der Waals surface area (Å²) in [6.07, 6.45) is 10.8. The van der Waals surface area contributed by atoms with Crippen molar-refractivity contribution in [1.82, 2.24) is 4.90 Å². The maximum absolute atomic E-state index is 12.0. The van der Waals surface area contributed by atoms with Crippen LogP contribution in [0.15, 0.2) is 11.8 Å². The molecule has 0 N–H and O–H groups in total. The van der Waals surface area contributed by atoms with Crippen LogP contribution in [0.2, 0.25) is 0 Å². The van der Waals surface area contributed by atoms with Crippen LogP contribution in [0, 0.1) is 28.6 Å². The molecule has 0 unspecified atom stereocenters. The second-order valence-corrected chi connectivity index (χ2v) is 11.2. The molecule has 140 valence electrons. The fraction of sp³-hybridized carbons (Fsp3) is 0.864. The monoisotopic (exact) mass is 361 g/mol. The van der Waals surface area contributed by atoms with Gasteiger partial charge in [-0.05, 0) is 67.4 Å². The third-order valence-electron chi connectivity index (χ3n) is 8.21. The average molecular weight is 362 g/mol. The lowest BCUT2D eigenvalue weighted by Crippen LogP contribution is -2.56. The minimum absolute atomic E-state index is 0.238. The van der Waals surface area contributed by atoms with Crippen LogP contribution in [0.5, 0.6) is 0 Å². The van der Waals surface area contributed by atoms with Crippen molar-refractivity contribution in [2.45, 2.75) is 71.0 Å². The van der Waals surface area contributed by atoms with Crippen molar-refractivity contribution >= 4 is 17.5 Å². The Morgan fingerprint density at radius 3 is 2.84 bits per heavy atom. The number of ketones is 1. The first-order valence-corrected chi connectivity index (χ1v) is 11.5. The smallest absolute Gasteiger partial charge is 0.157 e. The van der Waals surface area contributed by atoms with E-state index >= 15 is 0 Å². The van der Waals surface area contributed by atoms with Gasteiger partial charge < -0.3 is 4.90 Å². The third kappa shape index (κ3) is 2.80. The van der Waals surface area contributed by atoms with Gasteiger partial charge in [0.05, 0.1) is 0 Å². The van der Waals surface area contributed by atoms with Crippen molar-refractivity contribution in [3.63, 3.8) is 0 Å². The van der Waals surface area contributed by atoms with E-state index in [1.165, 1.54) is 50.1 Å². The van der Waals surface area contributed by atoms with E-state index in [0.717, 1.165) is 35.8 Å². The first-order valence-electron chi connectivity index (χ1n) is 10.4. The van der Waals surface area contributed by atoms with Crippen molar-refractivity contribution in [2.24, 2.45) is 28.6 Å². The van der Waals surface area contributed by atoms with Crippen molar-refractivity contribution < 1.29 is 4.79 Å². The molecule has 4 rings (SSSR count). The molecule has 6 atom stereocenters. The molecule has 3 heteroatoms. The lowest BCUT2D eigenvalue weighted by Gasteiger charge is -2.59. The van der Waals surface area contributed by atoms with Gasteiger partial charge in [-0.15, -0.1) is 0 Å². The Labute approximate surface area is 158 Å². The summed E-state index contributed by atoms with van der Waals surface area (Å²) in [5.41, 5.74) is 2.15. The molecule has 0 aromatic carbocycles. The van der Waals surface area contributed by atoms with Crippen LogP contribution in [-0.2, 0) is 4.79 Å². The lowest BCUT2D eigenvalue weighted by molar-refractivity contribution is -0.118. The molecule has 0 bridgehead atoms. The number of piperidine rings is 1. The van der Waals surface area contributed by atoms with E-state index < -0.39 is 0 Å². The minimum Gasteiger partial charge on any atom is -0.377 e. The second-order valence-electron chi connectivity index (χ2n) is 9.80. The van der Waals surface area contributed by atoms with E-state index in [0.29, 0.717) is 11.2 Å². The van der Waals surface area contributed by atoms with Crippen molar-refractivity contribution in [2.75, 3.05) is 19.3 Å². The second kappa shape index (κ2) is 6.32. The van der Waals surface area contributed by atoms with Gasteiger partial charge in [-0.25, -0.2) is 0 Å². The zero-order chi connectivity index (χ0) is 17.8. The van der Waals surface area contributed by atoms with Crippen LogP contribution < -0.4 is 0 Å². The van der Waals surface area contributed by atoms with Crippen LogP contribution in [0.25, 0.3) is 0 Å². The van der Waals surface area contributed by atoms with Crippen LogP contribution in [0.4, 0.5) is 0 Å². The number of fused-ring (bicyclic) bond motifs is 5. The Morgan fingerprint density at radius 1 is 1.28 bits per heavy atom. The quantitative estimate of drug-likeness (QED) is 0.694. The fourth-order valence-electron chi connectivity index (χ4n) is 6.97. The molecular weight excluding hydrogens is 326 g/mol. The maximum atomic E-state index is 12.0. The molecule has 2 nitrogen and oxygen atoms in total. The molecule has 25 heavy (non-hydrogen) atoms. The Morgan fingerprint density at radius 2 is 2.08 bits per heavy atom. The highest BCUT2D eigenvalue weighted by Gasteiger charge is 2.58. The average Bonchev–Trinajstić information content (AvgIpc) is 2.91. The summed E-state index contributed by atoms with van der Waals surface area (Å²) in [6.45, 7) is 8.55. The molecule has 1 saturated heterocycles. The number of hydrogen-bond donors (Lipinski definition) is 0. The summed E-state index contributed by atoms with van der Waals surface area (Å²) < 4.78 is 0. The first kappa shape index (κ1) is 17.9. The molecule has 0 aromatic rings. The lowest BCUT2D eigenvalue weighted by atomic mass is 9.50. The number of allylic oxidation sites excluding steroid dienone is 2. The van der Waals surface area contributed by atoms with Crippen molar-refractivity contribution in [3.8, 4) is 0 Å². The van der Waals surface area contributed by atoms with Crippen LogP contribution in [-0.4, -0.2) is 35.3 Å². The molecule has 4 aliphatic rings. The minimum atomic E-state index is 0.238. The third-order valence-corrected chi connectivity index (χ3v) is 9.69. The summed E-state index contributed by atoms with van der Waals surface area (Å²) >= 11 is 2.24. The van der Waals surface area contributed by atoms with Gasteiger partial charge in [-0.2, -0.15) is 11.8 Å². The van der Waals surface area contributed by atoms with Gasteiger partial charge in [-0.3, -0.25) is 4.79 Å². The van der Waals surface area contributed by atoms with Crippen LogP contribution in [0.1, 0.15) is 65.7 Å². The number of rotatable bonds is 3. The highest BCUT2D eigenvalue weighted by Crippen LogP contribution is 2.64. The topological polar surface area (TPSA) is 20.3 Å². The highest BCUT2D eigenvalue weighted by atomic mass is 32.2. The summed E-state index contributed by atoms with van der Waals surface area (Å²) in [4.78, 5) is 14.5. The van der Waals surface area contributed by atoms with E-state index in [1.54, 1.807) is 0 Å². The van der Waals surface area contributed by atoms with Gasteiger partial charge >= 0.3 is 0 Å². The van der Waals surface area contributed by atoms with Crippen molar-refractivity contribution in [1.29, 1.82) is 0 Å². The molecular formula is C22H35NOS. The summed E-state index contributed by atoms with van der Waals surface area (Å²) in [5, 5.41) is 0.886. The summed E-state index contributed by atoms with van der Waals surface area (Å²) in [7, 11) is 2.24. The van der Waals surface area contributed by atoms with Gasteiger partial charge in [0.2, 0.25) is 0 Å². The number of carbonyl (C=O) groups excluding carboxylic acids is 1. The molecule has 0 amide bonds. The number of thioether (sulfide) groups is 1. The molecule has 2 saturated carbocycles. The van der Waals surface area contributed by atoms with Gasteiger partial charge in [0.1, 0.15) is 0 Å². The van der Waals surface area contributed by atoms with E-state index in [-0.39, 0.29) is 5.41 Å². The number of hydrogen-bond acceptors (Lipinski definition) is 3. The fourth-order valence-corrected chi connectivity index (χ4v) is 8.39. The molecule has 3 aliphatic carbocycles. The van der Waals surface area contributed by atoms with Gasteiger partial charge in [0.25, 0.3) is 0 Å². The normalized spacial score (nSPS) is 46.3. The van der Waals surface area contributed by atoms with Crippen LogP contribution in [0.3, 0.4) is 0 Å². The Hall–Kier alpha value is -0.440. The predicted octanol–water partition coefficient (Wildman–Crippen LogP) is 5.14. The SMILES string of the molecule is CCCS[C@H]1C[C@H]2[C@@H]3CN(C)C4=CC(=O)CC[C@]4(C)[C@H]3CC[C@]2(C)C1. The van der Waals surface area contributed by atoms with Gasteiger partial charge in [0, 0.05) is 42.5 Å². The Bertz CT molecular complexity index is 587. The Balaban J connectivity index is 1.61. The van der Waals surface area contributed by atoms with E-state index in [2.05, 4.69) is 44.5 Å². The zero-order valence-corrected chi connectivity index (χ0v) is 17.3. The predicted molar refractivity (Wildman–Crippen MR) is 107 cm³/mol. The molecule has 1 aliphatic heterocycles. The molecule has 0 aromatic heterocycles. The highest BCUT2D eigenvalue weighted by molar-refractivity contribution is 7.99. The molecule has 0 spiro atoms. The summed E-state index contributed by atoms with van der Waals surface area (Å²) in [6, 6.07) is 0. The van der Waals surface area contributed by atoms with Gasteiger partial charge in [0.15, 0.2) is 5.78 Å². The maximum Gasteiger partial charge on any atom is 0.157 e. The largest absolute Gasteiger partial charge is 0.377 e. The standard InChI is InChI=1S/C22H35NOS/c1-5-10-25-16-12-19-17-14-23(4)20-11-15(24)6-9-22(20,3)18(17)7-8-21(19,2)13-16/h11,16-19H,5-10,12-14H2,1-4H3/t16-,17+,18-,19-,21+,22+/m0/s1. The number of nitrogens with zero attached hydrogens (tertiary/aromatic N) is 1. The molecule has 3 fully saturated rings. The van der Waals surface area contributed by atoms with E-state index in [1.807, 2.05) is 6.08 Å². The molecule has 1 heterocycles. The summed E-state index contributed by atoms with van der Waals surface area (Å²) in [5.74, 6) is 4.17. The van der Waals surface area contributed by atoms with E-state index in [4.69, 9.17) is 0 Å². The van der Waals surface area contributed by atoms with Gasteiger partial charge in [-0.1, -0.05) is 20.8 Å². The molecule has 0 radical (unpaired) electrons.